The minimum absolute atomic E-state index is 0.0908. The van der Waals surface area contributed by atoms with Crippen LogP contribution in [0.2, 0.25) is 0 Å². The number of hydrogen-bond donors (Lipinski definition) is 0. The van der Waals surface area contributed by atoms with Gasteiger partial charge in [-0.25, -0.2) is 31.5 Å². The summed E-state index contributed by atoms with van der Waals surface area (Å²) < 4.78 is 56.6. The minimum atomic E-state index is -3.85. The first-order valence-electron chi connectivity index (χ1n) is 12.6. The summed E-state index contributed by atoms with van der Waals surface area (Å²) in [4.78, 5) is 41.9. The van der Waals surface area contributed by atoms with Gasteiger partial charge in [-0.05, 0) is 44.2 Å². The van der Waals surface area contributed by atoms with Gasteiger partial charge >= 0.3 is 5.69 Å². The van der Waals surface area contributed by atoms with Gasteiger partial charge < -0.3 is 9.80 Å². The standard InChI is InChI=1S/C28H26F2N6O4S/c1-5-24(37)34-14-17(3)35(15-16(34)2)26-19-12-21(30)25(18-8-6-7-9-20(18)29)32-27(19)36(28(38)33-26)22-13-31-11-10-23(22)41(4,39)40/h5-13,16-17H,1,14-15H2,2-4H3/t16-,17-/m0/s1. The number of piperazine rings is 1. The van der Waals surface area contributed by atoms with Crippen LogP contribution in [-0.4, -0.2) is 70.2 Å². The molecular formula is C28H26F2N6O4S. The number of fused-ring (bicyclic) bond motifs is 1. The van der Waals surface area contributed by atoms with E-state index in [0.29, 0.717) is 0 Å². The molecule has 5 rings (SSSR count). The molecule has 10 nitrogen and oxygen atoms in total. The van der Waals surface area contributed by atoms with Crippen molar-refractivity contribution in [1.29, 1.82) is 0 Å². The molecule has 13 heteroatoms. The highest BCUT2D eigenvalue weighted by Crippen LogP contribution is 2.33. The van der Waals surface area contributed by atoms with E-state index >= 15 is 4.39 Å². The fraction of sp³-hybridized carbons (Fsp3) is 0.250. The van der Waals surface area contributed by atoms with Crippen molar-refractivity contribution >= 4 is 32.6 Å². The third kappa shape index (κ3) is 4.97. The molecule has 4 aromatic rings. The molecule has 41 heavy (non-hydrogen) atoms. The number of aromatic nitrogens is 4. The van der Waals surface area contributed by atoms with E-state index in [1.165, 1.54) is 42.7 Å². The van der Waals surface area contributed by atoms with Crippen LogP contribution < -0.4 is 10.6 Å². The summed E-state index contributed by atoms with van der Waals surface area (Å²) in [5, 5.41) is 0.0908. The average Bonchev–Trinajstić information content (AvgIpc) is 2.93. The van der Waals surface area contributed by atoms with E-state index in [9.17, 15) is 22.4 Å². The summed E-state index contributed by atoms with van der Waals surface area (Å²) in [7, 11) is -3.85. The van der Waals surface area contributed by atoms with Crippen molar-refractivity contribution in [3.05, 3.63) is 83.6 Å². The number of amides is 1. The Hall–Kier alpha value is -4.52. The van der Waals surface area contributed by atoms with Crippen molar-refractivity contribution in [1.82, 2.24) is 24.4 Å². The normalized spacial score (nSPS) is 17.6. The summed E-state index contributed by atoms with van der Waals surface area (Å²) in [6, 6.07) is 7.16. The Morgan fingerprint density at radius 2 is 1.80 bits per heavy atom. The molecule has 0 bridgehead atoms. The molecule has 0 N–H and O–H groups in total. The molecule has 1 fully saturated rings. The molecule has 1 aromatic carbocycles. The number of hydrogen-bond acceptors (Lipinski definition) is 8. The zero-order valence-corrected chi connectivity index (χ0v) is 23.3. The maximum Gasteiger partial charge on any atom is 0.355 e. The van der Waals surface area contributed by atoms with E-state index in [-0.39, 0.29) is 69.8 Å². The van der Waals surface area contributed by atoms with E-state index in [1.807, 2.05) is 13.8 Å². The van der Waals surface area contributed by atoms with E-state index in [4.69, 9.17) is 0 Å². The highest BCUT2D eigenvalue weighted by atomic mass is 32.2. The number of nitrogens with zero attached hydrogens (tertiary/aromatic N) is 6. The molecule has 2 atom stereocenters. The summed E-state index contributed by atoms with van der Waals surface area (Å²) in [6.45, 7) is 7.74. The molecule has 0 spiro atoms. The maximum absolute atomic E-state index is 15.7. The smallest absolute Gasteiger partial charge is 0.349 e. The second kappa shape index (κ2) is 10.5. The Balaban J connectivity index is 1.83. The fourth-order valence-corrected chi connectivity index (χ4v) is 5.92. The Morgan fingerprint density at radius 1 is 1.07 bits per heavy atom. The van der Waals surface area contributed by atoms with Crippen molar-refractivity contribution in [2.75, 3.05) is 24.2 Å². The van der Waals surface area contributed by atoms with Gasteiger partial charge in [-0.2, -0.15) is 4.98 Å². The molecule has 0 unspecified atom stereocenters. The lowest BCUT2D eigenvalue weighted by Crippen LogP contribution is -2.58. The van der Waals surface area contributed by atoms with Gasteiger partial charge in [0.2, 0.25) is 5.91 Å². The SMILES string of the molecule is C=CC(=O)N1C[C@H](C)N(c2nc(=O)n(-c3cnccc3S(C)(=O)=O)c3nc(-c4ccccc4F)c(F)cc23)C[C@@H]1C. The monoisotopic (exact) mass is 580 g/mol. The van der Waals surface area contributed by atoms with Crippen LogP contribution in [0.4, 0.5) is 14.6 Å². The van der Waals surface area contributed by atoms with Crippen LogP contribution in [0.25, 0.3) is 28.0 Å². The minimum Gasteiger partial charge on any atom is -0.349 e. The van der Waals surface area contributed by atoms with Crippen molar-refractivity contribution < 1.29 is 22.0 Å². The number of anilines is 1. The number of halogens is 2. The maximum atomic E-state index is 15.7. The molecular weight excluding hydrogens is 554 g/mol. The van der Waals surface area contributed by atoms with Crippen LogP contribution >= 0.6 is 0 Å². The number of carbonyl (C=O) groups is 1. The van der Waals surface area contributed by atoms with Crippen molar-refractivity contribution in [3.63, 3.8) is 0 Å². The highest BCUT2D eigenvalue weighted by Gasteiger charge is 2.34. The first kappa shape index (κ1) is 28.0. The third-order valence-corrected chi connectivity index (χ3v) is 8.19. The van der Waals surface area contributed by atoms with Crippen LogP contribution in [0.15, 0.2) is 71.1 Å². The molecule has 1 amide bonds. The van der Waals surface area contributed by atoms with Crippen molar-refractivity contribution in [3.8, 4) is 16.9 Å². The van der Waals surface area contributed by atoms with Crippen LogP contribution in [0.3, 0.4) is 0 Å². The van der Waals surface area contributed by atoms with Crippen molar-refractivity contribution in [2.45, 2.75) is 30.8 Å². The molecule has 0 saturated carbocycles. The van der Waals surface area contributed by atoms with Crippen LogP contribution in [0, 0.1) is 11.6 Å². The predicted molar refractivity (Wildman–Crippen MR) is 150 cm³/mol. The number of rotatable bonds is 5. The molecule has 4 heterocycles. The molecule has 1 aliphatic rings. The van der Waals surface area contributed by atoms with Gasteiger partial charge in [-0.3, -0.25) is 9.78 Å². The molecule has 1 saturated heterocycles. The molecule has 0 aliphatic carbocycles. The fourth-order valence-electron chi connectivity index (χ4n) is 5.08. The summed E-state index contributed by atoms with van der Waals surface area (Å²) >= 11 is 0. The van der Waals surface area contributed by atoms with Gasteiger partial charge in [0.25, 0.3) is 0 Å². The van der Waals surface area contributed by atoms with Crippen molar-refractivity contribution in [2.24, 2.45) is 0 Å². The lowest BCUT2D eigenvalue weighted by atomic mass is 10.1. The summed E-state index contributed by atoms with van der Waals surface area (Å²) in [5.41, 5.74) is -1.67. The zero-order valence-electron chi connectivity index (χ0n) is 22.5. The van der Waals surface area contributed by atoms with E-state index in [2.05, 4.69) is 21.5 Å². The van der Waals surface area contributed by atoms with Crippen LogP contribution in [0.5, 0.6) is 0 Å². The van der Waals surface area contributed by atoms with E-state index in [1.54, 1.807) is 9.80 Å². The van der Waals surface area contributed by atoms with Crippen LogP contribution in [-0.2, 0) is 14.6 Å². The summed E-state index contributed by atoms with van der Waals surface area (Å²) in [6.07, 6.45) is 4.65. The number of sulfone groups is 1. The highest BCUT2D eigenvalue weighted by molar-refractivity contribution is 7.90. The Labute approximate surface area is 234 Å². The van der Waals surface area contributed by atoms with Gasteiger partial charge in [0, 0.05) is 43.2 Å². The molecule has 1 aliphatic heterocycles. The Kier molecular flexibility index (Phi) is 7.15. The lowest BCUT2D eigenvalue weighted by molar-refractivity contribution is -0.128. The van der Waals surface area contributed by atoms with Gasteiger partial charge in [-0.15, -0.1) is 0 Å². The largest absolute Gasteiger partial charge is 0.355 e. The molecule has 212 valence electrons. The first-order valence-corrected chi connectivity index (χ1v) is 14.5. The zero-order chi connectivity index (χ0) is 29.6. The second-order valence-electron chi connectivity index (χ2n) is 9.88. The Morgan fingerprint density at radius 3 is 2.49 bits per heavy atom. The number of carbonyl (C=O) groups excluding carboxylic acids is 1. The second-order valence-corrected chi connectivity index (χ2v) is 11.9. The van der Waals surface area contributed by atoms with E-state index in [0.717, 1.165) is 23.0 Å². The van der Waals surface area contributed by atoms with Gasteiger partial charge in [0.15, 0.2) is 15.5 Å². The van der Waals surface area contributed by atoms with Crippen LogP contribution in [0.1, 0.15) is 13.8 Å². The topological polar surface area (TPSA) is 118 Å². The average molecular weight is 581 g/mol. The number of benzene rings is 1. The van der Waals surface area contributed by atoms with Gasteiger partial charge in [-0.1, -0.05) is 18.7 Å². The Bertz CT molecular complexity index is 1880. The summed E-state index contributed by atoms with van der Waals surface area (Å²) in [5.74, 6) is -1.75. The quantitative estimate of drug-likeness (QED) is 0.331. The van der Waals surface area contributed by atoms with Gasteiger partial charge in [0.05, 0.1) is 22.2 Å². The molecule has 0 radical (unpaired) electrons. The predicted octanol–water partition coefficient (Wildman–Crippen LogP) is 3.14. The lowest BCUT2D eigenvalue weighted by Gasteiger charge is -2.44. The van der Waals surface area contributed by atoms with E-state index < -0.39 is 27.2 Å². The molecule has 3 aromatic heterocycles. The first-order chi connectivity index (χ1) is 19.4. The van der Waals surface area contributed by atoms with Gasteiger partial charge in [0.1, 0.15) is 23.1 Å². The number of pyridine rings is 2. The third-order valence-electron chi connectivity index (χ3n) is 7.05.